The molecule has 0 fully saturated rings. The van der Waals surface area contributed by atoms with Crippen LogP contribution in [0.15, 0.2) is 29.3 Å². The molecule has 0 bridgehead atoms. The van der Waals surface area contributed by atoms with Crippen LogP contribution >= 0.6 is 0 Å². The Bertz CT molecular complexity index is 501. The minimum Gasteiger partial charge on any atom is -0.289 e. The lowest BCUT2D eigenvalue weighted by Gasteiger charge is -2.16. The zero-order chi connectivity index (χ0) is 18.5. The molecule has 24 heavy (non-hydrogen) atoms. The largest absolute Gasteiger partial charge is 0.289 e. The van der Waals surface area contributed by atoms with Crippen molar-refractivity contribution in [1.29, 1.82) is 0 Å². The van der Waals surface area contributed by atoms with E-state index in [1.807, 2.05) is 13.8 Å². The summed E-state index contributed by atoms with van der Waals surface area (Å²) in [4.78, 5) is 4.67. The quantitative estimate of drug-likeness (QED) is 0.535. The van der Waals surface area contributed by atoms with Crippen LogP contribution in [0.1, 0.15) is 83.9 Å². The Balaban J connectivity index is 0.000000650. The lowest BCUT2D eigenvalue weighted by molar-refractivity contribution is 0.626. The fourth-order valence-electron chi connectivity index (χ4n) is 2.50. The van der Waals surface area contributed by atoms with Gasteiger partial charge < -0.3 is 0 Å². The van der Waals surface area contributed by atoms with Crippen LogP contribution in [0, 0.1) is 19.8 Å². The van der Waals surface area contributed by atoms with Crippen molar-refractivity contribution in [2.45, 2.75) is 81.1 Å². The summed E-state index contributed by atoms with van der Waals surface area (Å²) < 4.78 is 0. The van der Waals surface area contributed by atoms with E-state index < -0.39 is 0 Å². The lowest BCUT2D eigenvalue weighted by atomic mass is 9.91. The van der Waals surface area contributed by atoms with Gasteiger partial charge in [0.25, 0.3) is 0 Å². The SMILES string of the molecule is CC.CC1=NCCCC/C=C\1c1c(C)cccc1C.CCC(C)C. The van der Waals surface area contributed by atoms with E-state index >= 15 is 0 Å². The molecule has 0 atom stereocenters. The second-order valence-electron chi connectivity index (χ2n) is 6.65. The van der Waals surface area contributed by atoms with Crippen LogP contribution < -0.4 is 0 Å². The van der Waals surface area contributed by atoms with Crippen LogP contribution in [-0.2, 0) is 0 Å². The number of allylic oxidation sites excluding steroid dienone is 2. The van der Waals surface area contributed by atoms with E-state index in [1.54, 1.807) is 0 Å². The van der Waals surface area contributed by atoms with Gasteiger partial charge in [-0.1, -0.05) is 65.3 Å². The van der Waals surface area contributed by atoms with Gasteiger partial charge in [-0.25, -0.2) is 0 Å². The Morgan fingerprint density at radius 1 is 1.00 bits per heavy atom. The van der Waals surface area contributed by atoms with Crippen LogP contribution in [0.5, 0.6) is 0 Å². The molecular formula is C23H39N. The van der Waals surface area contributed by atoms with Crippen LogP contribution in [0.25, 0.3) is 5.57 Å². The Hall–Kier alpha value is -1.37. The zero-order valence-corrected chi connectivity index (χ0v) is 17.4. The molecule has 0 saturated carbocycles. The molecule has 0 spiro atoms. The van der Waals surface area contributed by atoms with Crippen LogP contribution in [0.2, 0.25) is 0 Å². The predicted octanol–water partition coefficient (Wildman–Crippen LogP) is 7.41. The van der Waals surface area contributed by atoms with Crippen molar-refractivity contribution < 1.29 is 0 Å². The number of hydrogen-bond acceptors (Lipinski definition) is 1. The number of benzene rings is 1. The van der Waals surface area contributed by atoms with E-state index in [0.29, 0.717) is 0 Å². The first kappa shape index (κ1) is 22.6. The summed E-state index contributed by atoms with van der Waals surface area (Å²) in [5.74, 6) is 0.884. The third-order valence-corrected chi connectivity index (χ3v) is 4.27. The molecule has 0 saturated heterocycles. The minimum atomic E-state index is 0.884. The molecule has 1 heterocycles. The monoisotopic (exact) mass is 329 g/mol. The molecule has 2 rings (SSSR count). The maximum Gasteiger partial charge on any atom is 0.0392 e. The van der Waals surface area contributed by atoms with Crippen LogP contribution in [0.3, 0.4) is 0 Å². The summed E-state index contributed by atoms with van der Waals surface area (Å²) in [6, 6.07) is 6.51. The minimum absolute atomic E-state index is 0.884. The van der Waals surface area contributed by atoms with E-state index in [9.17, 15) is 0 Å². The van der Waals surface area contributed by atoms with E-state index in [4.69, 9.17) is 0 Å². The highest BCUT2D eigenvalue weighted by atomic mass is 14.7. The highest BCUT2D eigenvalue weighted by Crippen LogP contribution is 2.26. The fourth-order valence-corrected chi connectivity index (χ4v) is 2.50. The molecule has 1 heteroatoms. The molecule has 1 aliphatic heterocycles. The van der Waals surface area contributed by atoms with Gasteiger partial charge >= 0.3 is 0 Å². The molecule has 0 radical (unpaired) electrons. The number of rotatable bonds is 2. The summed E-state index contributed by atoms with van der Waals surface area (Å²) in [7, 11) is 0. The summed E-state index contributed by atoms with van der Waals surface area (Å²) >= 11 is 0. The summed E-state index contributed by atoms with van der Waals surface area (Å²) in [5.41, 5.74) is 6.63. The standard InChI is InChI=1S/C16H21N.C5H12.C2H6/c1-12-8-7-9-13(2)16(12)15-10-5-4-6-11-17-14(15)3;1-4-5(2)3;1-2/h7-10H,4-6,11H2,1-3H3;5H,4H2,1-3H3;1-2H3/b15-10+,17-14?;;. The Morgan fingerprint density at radius 2 is 1.54 bits per heavy atom. The second-order valence-corrected chi connectivity index (χ2v) is 6.65. The van der Waals surface area contributed by atoms with Crippen LogP contribution in [0.4, 0.5) is 0 Å². The van der Waals surface area contributed by atoms with Gasteiger partial charge in [-0.3, -0.25) is 4.99 Å². The molecule has 0 aliphatic carbocycles. The Morgan fingerprint density at radius 3 is 2.04 bits per heavy atom. The lowest BCUT2D eigenvalue weighted by Crippen LogP contribution is -2.04. The predicted molar refractivity (Wildman–Crippen MR) is 112 cm³/mol. The highest BCUT2D eigenvalue weighted by molar-refractivity contribution is 6.23. The average molecular weight is 330 g/mol. The third kappa shape index (κ3) is 7.95. The maximum atomic E-state index is 4.67. The molecule has 1 nitrogen and oxygen atoms in total. The van der Waals surface area contributed by atoms with E-state index in [2.05, 4.69) is 70.8 Å². The van der Waals surface area contributed by atoms with E-state index in [0.717, 1.165) is 12.5 Å². The number of hydrogen-bond donors (Lipinski definition) is 0. The van der Waals surface area contributed by atoms with Gasteiger partial charge in [-0.15, -0.1) is 0 Å². The molecule has 0 aromatic heterocycles. The smallest absolute Gasteiger partial charge is 0.0392 e. The average Bonchev–Trinajstić information content (AvgIpc) is 2.56. The maximum absolute atomic E-state index is 4.67. The number of aliphatic imine (C=N–C) groups is 1. The summed E-state index contributed by atoms with van der Waals surface area (Å²) in [6.45, 7) is 18.1. The fraction of sp³-hybridized carbons (Fsp3) is 0.609. The number of nitrogens with zero attached hydrogens (tertiary/aromatic N) is 1. The van der Waals surface area contributed by atoms with Crippen molar-refractivity contribution in [2.24, 2.45) is 10.9 Å². The van der Waals surface area contributed by atoms with Crippen molar-refractivity contribution in [3.05, 3.63) is 41.0 Å². The Labute approximate surface area is 151 Å². The summed E-state index contributed by atoms with van der Waals surface area (Å²) in [6.07, 6.45) is 7.32. The van der Waals surface area contributed by atoms with Gasteiger partial charge in [0.2, 0.25) is 0 Å². The molecule has 136 valence electrons. The van der Waals surface area contributed by atoms with Crippen molar-refractivity contribution in [1.82, 2.24) is 0 Å². The first-order chi connectivity index (χ1) is 11.5. The van der Waals surface area contributed by atoms with E-state index in [-0.39, 0.29) is 0 Å². The molecule has 1 aromatic rings. The van der Waals surface area contributed by atoms with Crippen LogP contribution in [-0.4, -0.2) is 12.3 Å². The third-order valence-electron chi connectivity index (χ3n) is 4.27. The molecule has 1 aromatic carbocycles. The van der Waals surface area contributed by atoms with E-state index in [1.165, 1.54) is 53.7 Å². The van der Waals surface area contributed by atoms with Gasteiger partial charge in [-0.05, 0) is 68.2 Å². The summed E-state index contributed by atoms with van der Waals surface area (Å²) in [5, 5.41) is 0. The first-order valence-corrected chi connectivity index (χ1v) is 9.75. The van der Waals surface area contributed by atoms with Crippen molar-refractivity contribution in [3.63, 3.8) is 0 Å². The van der Waals surface area contributed by atoms with Crippen molar-refractivity contribution >= 4 is 11.3 Å². The van der Waals surface area contributed by atoms with Gasteiger partial charge in [-0.2, -0.15) is 0 Å². The number of aryl methyl sites for hydroxylation is 2. The topological polar surface area (TPSA) is 12.4 Å². The first-order valence-electron chi connectivity index (χ1n) is 9.75. The highest BCUT2D eigenvalue weighted by Gasteiger charge is 2.11. The normalized spacial score (nSPS) is 16.4. The van der Waals surface area contributed by atoms with Crippen molar-refractivity contribution in [2.75, 3.05) is 6.54 Å². The molecule has 1 aliphatic rings. The molecule has 0 amide bonds. The van der Waals surface area contributed by atoms with Crippen molar-refractivity contribution in [3.8, 4) is 0 Å². The zero-order valence-electron chi connectivity index (χ0n) is 17.4. The molecule has 0 unspecified atom stereocenters. The van der Waals surface area contributed by atoms with Gasteiger partial charge in [0.05, 0.1) is 0 Å². The second kappa shape index (κ2) is 13.0. The Kier molecular flexibility index (Phi) is 12.2. The molecular weight excluding hydrogens is 290 g/mol. The van der Waals surface area contributed by atoms with Gasteiger partial charge in [0, 0.05) is 12.3 Å². The molecule has 0 N–H and O–H groups in total. The van der Waals surface area contributed by atoms with Gasteiger partial charge in [0.1, 0.15) is 0 Å². The van der Waals surface area contributed by atoms with Gasteiger partial charge in [0.15, 0.2) is 0 Å².